The SMILES string of the molecule is COC[C@@H](C)OS(=O)c1ccc(C)cc1.O. The van der Waals surface area contributed by atoms with E-state index in [9.17, 15) is 4.21 Å². The minimum absolute atomic E-state index is 0. The third-order valence-electron chi connectivity index (χ3n) is 1.87. The van der Waals surface area contributed by atoms with Crippen LogP contribution < -0.4 is 0 Å². The Labute approximate surface area is 98.5 Å². The van der Waals surface area contributed by atoms with Crippen LogP contribution in [0.3, 0.4) is 0 Å². The van der Waals surface area contributed by atoms with Crippen LogP contribution in [-0.2, 0) is 20.0 Å². The smallest absolute Gasteiger partial charge is 0.189 e. The predicted molar refractivity (Wildman–Crippen MR) is 63.6 cm³/mol. The molecule has 0 aliphatic carbocycles. The van der Waals surface area contributed by atoms with Crippen LogP contribution in [0.1, 0.15) is 12.5 Å². The summed E-state index contributed by atoms with van der Waals surface area (Å²) in [7, 11) is 1.59. The average Bonchev–Trinajstić information content (AvgIpc) is 2.18. The Morgan fingerprint density at radius 3 is 2.38 bits per heavy atom. The lowest BCUT2D eigenvalue weighted by Gasteiger charge is -2.10. The van der Waals surface area contributed by atoms with Crippen molar-refractivity contribution in [3.05, 3.63) is 29.8 Å². The Morgan fingerprint density at radius 2 is 1.88 bits per heavy atom. The minimum atomic E-state index is -1.40. The summed E-state index contributed by atoms with van der Waals surface area (Å²) in [5.41, 5.74) is 1.14. The summed E-state index contributed by atoms with van der Waals surface area (Å²) in [6, 6.07) is 7.45. The molecule has 92 valence electrons. The van der Waals surface area contributed by atoms with Crippen molar-refractivity contribution in [2.24, 2.45) is 0 Å². The van der Waals surface area contributed by atoms with Crippen molar-refractivity contribution in [2.75, 3.05) is 13.7 Å². The molecule has 0 spiro atoms. The highest BCUT2D eigenvalue weighted by Crippen LogP contribution is 2.11. The number of hydrogen-bond acceptors (Lipinski definition) is 3. The van der Waals surface area contributed by atoms with Gasteiger partial charge >= 0.3 is 0 Å². The number of rotatable bonds is 5. The van der Waals surface area contributed by atoms with E-state index in [4.69, 9.17) is 8.92 Å². The molecule has 0 radical (unpaired) electrons. The van der Waals surface area contributed by atoms with Crippen molar-refractivity contribution in [1.82, 2.24) is 0 Å². The lowest BCUT2D eigenvalue weighted by Crippen LogP contribution is -2.16. The van der Waals surface area contributed by atoms with Gasteiger partial charge in [-0.15, -0.1) is 0 Å². The van der Waals surface area contributed by atoms with Gasteiger partial charge in [0.25, 0.3) is 0 Å². The van der Waals surface area contributed by atoms with E-state index in [2.05, 4.69) is 0 Å². The van der Waals surface area contributed by atoms with E-state index >= 15 is 0 Å². The van der Waals surface area contributed by atoms with Gasteiger partial charge in [0.2, 0.25) is 0 Å². The van der Waals surface area contributed by atoms with Gasteiger partial charge in [-0.2, -0.15) is 0 Å². The summed E-state index contributed by atoms with van der Waals surface area (Å²) in [6.45, 7) is 4.26. The Morgan fingerprint density at radius 1 is 1.31 bits per heavy atom. The molecule has 0 amide bonds. The first kappa shape index (κ1) is 15.2. The number of aryl methyl sites for hydroxylation is 1. The van der Waals surface area contributed by atoms with Crippen LogP contribution >= 0.6 is 0 Å². The van der Waals surface area contributed by atoms with Crippen LogP contribution in [0.5, 0.6) is 0 Å². The van der Waals surface area contributed by atoms with E-state index in [0.29, 0.717) is 11.5 Å². The molecule has 0 saturated carbocycles. The molecule has 2 N–H and O–H groups in total. The average molecular weight is 246 g/mol. The second-order valence-electron chi connectivity index (χ2n) is 3.41. The third-order valence-corrected chi connectivity index (χ3v) is 3.03. The molecule has 0 aliphatic heterocycles. The molecule has 0 bridgehead atoms. The largest absolute Gasteiger partial charge is 0.412 e. The molecule has 16 heavy (non-hydrogen) atoms. The van der Waals surface area contributed by atoms with Crippen LogP contribution in [0, 0.1) is 6.92 Å². The van der Waals surface area contributed by atoms with Gasteiger partial charge < -0.3 is 10.2 Å². The quantitative estimate of drug-likeness (QED) is 0.785. The lowest BCUT2D eigenvalue weighted by molar-refractivity contribution is 0.101. The molecule has 4 nitrogen and oxygen atoms in total. The summed E-state index contributed by atoms with van der Waals surface area (Å²) in [6.07, 6.45) is -0.169. The highest BCUT2D eigenvalue weighted by Gasteiger charge is 2.09. The fraction of sp³-hybridized carbons (Fsp3) is 0.455. The maximum atomic E-state index is 11.7. The second-order valence-corrected chi connectivity index (χ2v) is 4.54. The van der Waals surface area contributed by atoms with E-state index < -0.39 is 11.1 Å². The topological polar surface area (TPSA) is 67.0 Å². The molecule has 0 aliphatic rings. The molecule has 1 rings (SSSR count). The molecule has 0 saturated heterocycles. The summed E-state index contributed by atoms with van der Waals surface area (Å²) in [4.78, 5) is 0.684. The van der Waals surface area contributed by atoms with Gasteiger partial charge in [0, 0.05) is 7.11 Å². The van der Waals surface area contributed by atoms with Crippen molar-refractivity contribution < 1.29 is 18.6 Å². The second kappa shape index (κ2) is 7.51. The Balaban J connectivity index is 0.00000225. The summed E-state index contributed by atoms with van der Waals surface area (Å²) >= 11 is -1.40. The molecule has 2 atom stereocenters. The van der Waals surface area contributed by atoms with Gasteiger partial charge in [-0.1, -0.05) is 17.7 Å². The highest BCUT2D eigenvalue weighted by molar-refractivity contribution is 7.80. The normalized spacial score (nSPS) is 13.9. The number of hydrogen-bond donors (Lipinski definition) is 0. The molecule has 0 fully saturated rings. The van der Waals surface area contributed by atoms with Crippen LogP contribution in [0.2, 0.25) is 0 Å². The number of ether oxygens (including phenoxy) is 1. The van der Waals surface area contributed by atoms with Gasteiger partial charge in [-0.25, -0.2) is 4.21 Å². The summed E-state index contributed by atoms with van der Waals surface area (Å²) in [5.74, 6) is 0. The maximum absolute atomic E-state index is 11.7. The maximum Gasteiger partial charge on any atom is 0.189 e. The van der Waals surface area contributed by atoms with Crippen molar-refractivity contribution >= 4 is 11.1 Å². The number of benzene rings is 1. The fourth-order valence-corrected chi connectivity index (χ4v) is 1.94. The van der Waals surface area contributed by atoms with Gasteiger partial charge in [-0.3, -0.25) is 4.18 Å². The van der Waals surface area contributed by atoms with Gasteiger partial charge in [0.1, 0.15) is 0 Å². The first-order valence-corrected chi connectivity index (χ1v) is 5.85. The van der Waals surface area contributed by atoms with Crippen molar-refractivity contribution in [2.45, 2.75) is 24.8 Å². The predicted octanol–water partition coefficient (Wildman–Crippen LogP) is 1.24. The monoisotopic (exact) mass is 246 g/mol. The van der Waals surface area contributed by atoms with Crippen molar-refractivity contribution in [3.8, 4) is 0 Å². The molecule has 1 unspecified atom stereocenters. The molecular formula is C11H18O4S. The lowest BCUT2D eigenvalue weighted by atomic mass is 10.2. The van der Waals surface area contributed by atoms with E-state index in [-0.39, 0.29) is 11.6 Å². The van der Waals surface area contributed by atoms with Crippen LogP contribution in [0.25, 0.3) is 0 Å². The summed E-state index contributed by atoms with van der Waals surface area (Å²) < 4.78 is 21.8. The van der Waals surface area contributed by atoms with Crippen LogP contribution in [0.15, 0.2) is 29.2 Å². The zero-order valence-corrected chi connectivity index (χ0v) is 10.5. The Kier molecular flexibility index (Phi) is 7.16. The van der Waals surface area contributed by atoms with Gasteiger partial charge in [0.15, 0.2) is 11.1 Å². The summed E-state index contributed by atoms with van der Waals surface area (Å²) in [5, 5.41) is 0. The number of methoxy groups -OCH3 is 1. The molecule has 1 aromatic rings. The first-order valence-electron chi connectivity index (χ1n) is 4.78. The zero-order chi connectivity index (χ0) is 11.3. The molecular weight excluding hydrogens is 228 g/mol. The standard InChI is InChI=1S/C11H16O3S.H2O/c1-9-4-6-11(7-5-9)15(12)14-10(2)8-13-3;/h4-7,10H,8H2,1-3H3;1H2/t10-,15?;/m1./s1. The third kappa shape index (κ3) is 4.85. The minimum Gasteiger partial charge on any atom is -0.412 e. The van der Waals surface area contributed by atoms with Gasteiger partial charge in [-0.05, 0) is 26.0 Å². The highest BCUT2D eigenvalue weighted by atomic mass is 32.2. The van der Waals surface area contributed by atoms with Crippen molar-refractivity contribution in [3.63, 3.8) is 0 Å². The molecule has 1 aromatic carbocycles. The Hall–Kier alpha value is -0.750. The fourth-order valence-electron chi connectivity index (χ4n) is 1.12. The van der Waals surface area contributed by atoms with E-state index in [0.717, 1.165) is 5.56 Å². The Bertz CT molecular complexity index is 323. The van der Waals surface area contributed by atoms with Crippen LogP contribution in [0.4, 0.5) is 0 Å². The first-order chi connectivity index (χ1) is 7.13. The van der Waals surface area contributed by atoms with Crippen molar-refractivity contribution in [1.29, 1.82) is 0 Å². The van der Waals surface area contributed by atoms with E-state index in [1.165, 1.54) is 0 Å². The van der Waals surface area contributed by atoms with E-state index in [1.54, 1.807) is 7.11 Å². The van der Waals surface area contributed by atoms with Gasteiger partial charge in [0.05, 0.1) is 17.6 Å². The van der Waals surface area contributed by atoms with E-state index in [1.807, 2.05) is 38.1 Å². The zero-order valence-electron chi connectivity index (χ0n) is 9.73. The molecule has 0 aromatic heterocycles. The molecule has 0 heterocycles. The molecule has 5 heteroatoms. The van der Waals surface area contributed by atoms with Crippen LogP contribution in [-0.4, -0.2) is 29.5 Å².